The topological polar surface area (TPSA) is 35.5 Å². The van der Waals surface area contributed by atoms with E-state index in [0.717, 1.165) is 19.3 Å². The highest BCUT2D eigenvalue weighted by Crippen LogP contribution is 2.24. The van der Waals surface area contributed by atoms with E-state index in [2.05, 4.69) is 27.7 Å². The largest absolute Gasteiger partial charge is 0.436 e. The minimum absolute atomic E-state index is 0.00389. The van der Waals surface area contributed by atoms with Crippen LogP contribution in [0.25, 0.3) is 0 Å². The van der Waals surface area contributed by atoms with Gasteiger partial charge in [0.1, 0.15) is 0 Å². The van der Waals surface area contributed by atoms with Crippen LogP contribution < -0.4 is 0 Å². The lowest BCUT2D eigenvalue weighted by Crippen LogP contribution is -2.28. The zero-order valence-electron chi connectivity index (χ0n) is 10.9. The fourth-order valence-electron chi connectivity index (χ4n) is 2.01. The highest BCUT2D eigenvalue weighted by Gasteiger charge is 2.28. The van der Waals surface area contributed by atoms with Gasteiger partial charge >= 0.3 is 5.97 Å². The molecule has 16 heavy (non-hydrogen) atoms. The Bertz CT molecular complexity index is 217. The molecule has 1 aliphatic heterocycles. The van der Waals surface area contributed by atoms with Crippen molar-refractivity contribution >= 4 is 5.97 Å². The smallest absolute Gasteiger partial charge is 0.311 e. The number of esters is 1. The van der Waals surface area contributed by atoms with E-state index in [1.165, 1.54) is 0 Å². The third kappa shape index (κ3) is 4.12. The van der Waals surface area contributed by atoms with Crippen molar-refractivity contribution < 1.29 is 14.3 Å². The SMILES string of the molecule is CC(C)CC(C(=O)OC1CCCO1)C(C)C. The predicted octanol–water partition coefficient (Wildman–Crippen LogP) is 2.98. The van der Waals surface area contributed by atoms with Crippen molar-refractivity contribution in [3.8, 4) is 0 Å². The van der Waals surface area contributed by atoms with Crippen molar-refractivity contribution in [3.63, 3.8) is 0 Å². The molecule has 3 heteroatoms. The maximum absolute atomic E-state index is 12.0. The lowest BCUT2D eigenvalue weighted by Gasteiger charge is -2.22. The van der Waals surface area contributed by atoms with Crippen LogP contribution in [0.1, 0.15) is 47.0 Å². The van der Waals surface area contributed by atoms with Crippen LogP contribution in [0, 0.1) is 17.8 Å². The molecule has 94 valence electrons. The summed E-state index contributed by atoms with van der Waals surface area (Å²) in [6.07, 6.45) is 2.44. The molecule has 2 atom stereocenters. The molecule has 0 aromatic rings. The molecule has 0 saturated carbocycles. The summed E-state index contributed by atoms with van der Waals surface area (Å²) in [5.74, 6) is 0.764. The van der Waals surface area contributed by atoms with Gasteiger partial charge in [0.15, 0.2) is 0 Å². The molecule has 1 saturated heterocycles. The third-order valence-electron chi connectivity index (χ3n) is 2.97. The molecule has 0 bridgehead atoms. The summed E-state index contributed by atoms with van der Waals surface area (Å²) in [4.78, 5) is 12.0. The zero-order valence-corrected chi connectivity index (χ0v) is 10.9. The van der Waals surface area contributed by atoms with Crippen molar-refractivity contribution in [1.82, 2.24) is 0 Å². The minimum atomic E-state index is -0.291. The zero-order chi connectivity index (χ0) is 12.1. The normalized spacial score (nSPS) is 22.8. The van der Waals surface area contributed by atoms with Gasteiger partial charge in [0.2, 0.25) is 6.29 Å². The molecule has 1 heterocycles. The van der Waals surface area contributed by atoms with Gasteiger partial charge < -0.3 is 9.47 Å². The van der Waals surface area contributed by atoms with E-state index in [1.807, 2.05) is 0 Å². The van der Waals surface area contributed by atoms with Crippen LogP contribution in [0.4, 0.5) is 0 Å². The Morgan fingerprint density at radius 2 is 2.06 bits per heavy atom. The van der Waals surface area contributed by atoms with Gasteiger partial charge in [-0.05, 0) is 24.7 Å². The molecule has 0 aromatic carbocycles. The van der Waals surface area contributed by atoms with Gasteiger partial charge in [-0.2, -0.15) is 0 Å². The summed E-state index contributed by atoms with van der Waals surface area (Å²) in [7, 11) is 0. The fraction of sp³-hybridized carbons (Fsp3) is 0.923. The van der Waals surface area contributed by atoms with Crippen LogP contribution in [0.15, 0.2) is 0 Å². The second kappa shape index (κ2) is 6.24. The Balaban J connectivity index is 2.46. The highest BCUT2D eigenvalue weighted by atomic mass is 16.7. The number of carbonyl (C=O) groups is 1. The van der Waals surface area contributed by atoms with E-state index in [4.69, 9.17) is 9.47 Å². The Labute approximate surface area is 98.5 Å². The van der Waals surface area contributed by atoms with Crippen molar-refractivity contribution in [1.29, 1.82) is 0 Å². The molecule has 1 fully saturated rings. The Kier molecular flexibility index (Phi) is 5.26. The van der Waals surface area contributed by atoms with Crippen LogP contribution in [0.2, 0.25) is 0 Å². The van der Waals surface area contributed by atoms with Crippen LogP contribution in [0.5, 0.6) is 0 Å². The molecule has 0 radical (unpaired) electrons. The maximum atomic E-state index is 12.0. The molecular weight excluding hydrogens is 204 g/mol. The molecule has 0 aromatic heterocycles. The summed E-state index contributed by atoms with van der Waals surface area (Å²) < 4.78 is 10.7. The van der Waals surface area contributed by atoms with E-state index in [1.54, 1.807) is 0 Å². The van der Waals surface area contributed by atoms with E-state index < -0.39 is 0 Å². The van der Waals surface area contributed by atoms with E-state index in [-0.39, 0.29) is 18.2 Å². The van der Waals surface area contributed by atoms with E-state index in [9.17, 15) is 4.79 Å². The molecule has 0 amide bonds. The third-order valence-corrected chi connectivity index (χ3v) is 2.97. The van der Waals surface area contributed by atoms with Gasteiger partial charge in [-0.25, -0.2) is 0 Å². The summed E-state index contributed by atoms with van der Waals surface area (Å²) >= 11 is 0. The van der Waals surface area contributed by atoms with Crippen molar-refractivity contribution in [2.24, 2.45) is 17.8 Å². The molecule has 1 rings (SSSR count). The van der Waals surface area contributed by atoms with Crippen LogP contribution >= 0.6 is 0 Å². The summed E-state index contributed by atoms with van der Waals surface area (Å²) in [5.41, 5.74) is 0. The second-order valence-corrected chi connectivity index (χ2v) is 5.36. The Morgan fingerprint density at radius 1 is 1.38 bits per heavy atom. The molecule has 0 aliphatic carbocycles. The Morgan fingerprint density at radius 3 is 2.50 bits per heavy atom. The number of carbonyl (C=O) groups excluding carboxylic acids is 1. The summed E-state index contributed by atoms with van der Waals surface area (Å²) in [6.45, 7) is 9.13. The number of hydrogen-bond acceptors (Lipinski definition) is 3. The molecule has 0 spiro atoms. The van der Waals surface area contributed by atoms with E-state index in [0.29, 0.717) is 18.4 Å². The fourth-order valence-corrected chi connectivity index (χ4v) is 2.01. The van der Waals surface area contributed by atoms with Gasteiger partial charge in [-0.1, -0.05) is 27.7 Å². The maximum Gasteiger partial charge on any atom is 0.311 e. The predicted molar refractivity (Wildman–Crippen MR) is 62.8 cm³/mol. The van der Waals surface area contributed by atoms with Gasteiger partial charge in [0.05, 0.1) is 12.5 Å². The molecule has 3 nitrogen and oxygen atoms in total. The Hall–Kier alpha value is -0.570. The van der Waals surface area contributed by atoms with Gasteiger partial charge in [0, 0.05) is 6.42 Å². The lowest BCUT2D eigenvalue weighted by molar-refractivity contribution is -0.176. The monoisotopic (exact) mass is 228 g/mol. The van der Waals surface area contributed by atoms with Crippen LogP contribution in [-0.4, -0.2) is 18.9 Å². The first-order valence-electron chi connectivity index (χ1n) is 6.32. The average Bonchev–Trinajstić information content (AvgIpc) is 2.65. The van der Waals surface area contributed by atoms with Crippen molar-refractivity contribution in [2.75, 3.05) is 6.61 Å². The second-order valence-electron chi connectivity index (χ2n) is 5.36. The van der Waals surface area contributed by atoms with Gasteiger partial charge in [-0.3, -0.25) is 4.79 Å². The number of ether oxygens (including phenoxy) is 2. The first-order valence-corrected chi connectivity index (χ1v) is 6.32. The summed E-state index contributed by atoms with van der Waals surface area (Å²) in [6, 6.07) is 0. The molecule has 0 N–H and O–H groups in total. The number of rotatable bonds is 5. The number of hydrogen-bond donors (Lipinski definition) is 0. The average molecular weight is 228 g/mol. The first-order chi connectivity index (χ1) is 7.50. The molecular formula is C13H24O3. The van der Waals surface area contributed by atoms with Gasteiger partial charge in [-0.15, -0.1) is 0 Å². The lowest BCUT2D eigenvalue weighted by atomic mass is 9.88. The molecule has 2 unspecified atom stereocenters. The van der Waals surface area contributed by atoms with Crippen molar-refractivity contribution in [3.05, 3.63) is 0 Å². The van der Waals surface area contributed by atoms with Gasteiger partial charge in [0.25, 0.3) is 0 Å². The minimum Gasteiger partial charge on any atom is -0.436 e. The highest BCUT2D eigenvalue weighted by molar-refractivity contribution is 5.72. The van der Waals surface area contributed by atoms with Crippen molar-refractivity contribution in [2.45, 2.75) is 53.2 Å². The van der Waals surface area contributed by atoms with Crippen LogP contribution in [0.3, 0.4) is 0 Å². The molecule has 1 aliphatic rings. The van der Waals surface area contributed by atoms with E-state index >= 15 is 0 Å². The van der Waals surface area contributed by atoms with Crippen LogP contribution in [-0.2, 0) is 14.3 Å². The quantitative estimate of drug-likeness (QED) is 0.679. The standard InChI is InChI=1S/C13H24O3/c1-9(2)8-11(10(3)4)13(14)16-12-6-5-7-15-12/h9-12H,5-8H2,1-4H3. The summed E-state index contributed by atoms with van der Waals surface area (Å²) in [5, 5.41) is 0. The first kappa shape index (κ1) is 13.5.